The molecule has 41 heavy (non-hydrogen) atoms. The van der Waals surface area contributed by atoms with Crippen LogP contribution in [0.25, 0.3) is 0 Å². The summed E-state index contributed by atoms with van der Waals surface area (Å²) in [4.78, 5) is 45.8. The molecule has 3 amide bonds. The largest absolute Gasteiger partial charge is 0.396 e. The first-order valence-electron chi connectivity index (χ1n) is 15.0. The van der Waals surface area contributed by atoms with Crippen molar-refractivity contribution in [2.45, 2.75) is 68.4 Å². The zero-order chi connectivity index (χ0) is 29.0. The van der Waals surface area contributed by atoms with Crippen molar-refractivity contribution in [2.75, 3.05) is 41.8 Å². The van der Waals surface area contributed by atoms with Crippen LogP contribution in [0.5, 0.6) is 0 Å². The molecule has 0 aliphatic carbocycles. The number of carbonyl (C=O) groups is 3. The minimum atomic E-state index is -0.634. The molecule has 3 heterocycles. The predicted molar refractivity (Wildman–Crippen MR) is 165 cm³/mol. The van der Waals surface area contributed by atoms with Crippen molar-refractivity contribution in [2.24, 2.45) is 11.8 Å². The second-order valence-corrected chi connectivity index (χ2v) is 12.9. The average molecular weight is 579 g/mol. The van der Waals surface area contributed by atoms with Crippen LogP contribution >= 0.6 is 11.8 Å². The number of hydrogen-bond donors (Lipinski definition) is 3. The Kier molecular flexibility index (Phi) is 9.24. The van der Waals surface area contributed by atoms with E-state index in [4.69, 9.17) is 5.11 Å². The Morgan fingerprint density at radius 2 is 1.61 bits per heavy atom. The average Bonchev–Trinajstić information content (AvgIpc) is 3.62. The first-order valence-corrected chi connectivity index (χ1v) is 15.9. The number of aliphatic hydroxyl groups is 1. The number of benzene rings is 2. The molecule has 2 aromatic carbocycles. The van der Waals surface area contributed by atoms with Crippen LogP contribution in [0.3, 0.4) is 0 Å². The lowest BCUT2D eigenvalue weighted by atomic mass is 9.70. The Morgan fingerprint density at radius 3 is 2.29 bits per heavy atom. The van der Waals surface area contributed by atoms with E-state index < -0.39 is 22.6 Å². The maximum atomic E-state index is 14.1. The molecule has 3 fully saturated rings. The Morgan fingerprint density at radius 1 is 0.951 bits per heavy atom. The number of thioether (sulfide) groups is 1. The first kappa shape index (κ1) is 29.5. The maximum Gasteiger partial charge on any atom is 0.248 e. The zero-order valence-electron chi connectivity index (χ0n) is 24.1. The van der Waals surface area contributed by atoms with Crippen molar-refractivity contribution in [3.8, 4) is 0 Å². The van der Waals surface area contributed by atoms with Gasteiger partial charge in [-0.15, -0.1) is 11.8 Å². The molecule has 1 spiro atoms. The highest BCUT2D eigenvalue weighted by atomic mass is 32.2. The minimum Gasteiger partial charge on any atom is -0.396 e. The third kappa shape index (κ3) is 5.71. The van der Waals surface area contributed by atoms with E-state index in [1.54, 1.807) is 16.7 Å². The van der Waals surface area contributed by atoms with Crippen molar-refractivity contribution in [3.63, 3.8) is 0 Å². The van der Waals surface area contributed by atoms with Crippen LogP contribution in [0.1, 0.15) is 52.4 Å². The molecule has 8 nitrogen and oxygen atoms in total. The summed E-state index contributed by atoms with van der Waals surface area (Å²) in [5, 5.41) is 15.3. The summed E-state index contributed by atoms with van der Waals surface area (Å²) in [5.74, 6) is -1.38. The number of para-hydroxylation sites is 1. The number of amides is 3. The second kappa shape index (κ2) is 12.9. The fourth-order valence-electron chi connectivity index (χ4n) is 7.04. The van der Waals surface area contributed by atoms with Gasteiger partial charge >= 0.3 is 0 Å². The Hall–Kier alpha value is -3.04. The van der Waals surface area contributed by atoms with Gasteiger partial charge < -0.3 is 25.5 Å². The molecule has 3 aliphatic heterocycles. The lowest BCUT2D eigenvalue weighted by Crippen LogP contribution is -2.51. The molecular weight excluding hydrogens is 536 g/mol. The number of hydrogen-bond acceptors (Lipinski definition) is 6. The number of aliphatic hydroxyl groups excluding tert-OH is 1. The van der Waals surface area contributed by atoms with Gasteiger partial charge in [0.05, 0.1) is 16.6 Å². The van der Waals surface area contributed by atoms with Gasteiger partial charge in [0.2, 0.25) is 17.7 Å². The summed E-state index contributed by atoms with van der Waals surface area (Å²) in [6, 6.07) is 16.6. The number of carbonyl (C=O) groups excluding carboxylic acids is 3. The van der Waals surface area contributed by atoms with Crippen LogP contribution in [0.2, 0.25) is 0 Å². The molecule has 220 valence electrons. The second-order valence-electron chi connectivity index (χ2n) is 11.3. The summed E-state index contributed by atoms with van der Waals surface area (Å²) >= 11 is 1.69. The molecule has 2 unspecified atom stereocenters. The van der Waals surface area contributed by atoms with Gasteiger partial charge in [-0.3, -0.25) is 14.4 Å². The maximum absolute atomic E-state index is 14.1. The molecule has 5 rings (SSSR count). The predicted octanol–water partition coefficient (Wildman–Crippen LogP) is 4.75. The van der Waals surface area contributed by atoms with Crippen LogP contribution < -0.4 is 15.5 Å². The van der Waals surface area contributed by atoms with Gasteiger partial charge in [0.1, 0.15) is 6.04 Å². The van der Waals surface area contributed by atoms with Crippen molar-refractivity contribution in [1.82, 2.24) is 4.90 Å². The summed E-state index contributed by atoms with van der Waals surface area (Å²) in [7, 11) is 0. The van der Waals surface area contributed by atoms with E-state index in [0.717, 1.165) is 57.3 Å². The lowest BCUT2D eigenvalue weighted by Gasteiger charge is -2.34. The molecule has 5 atom stereocenters. The molecule has 2 aromatic rings. The summed E-state index contributed by atoms with van der Waals surface area (Å²) in [6.45, 7) is 6.67. The highest BCUT2D eigenvalue weighted by molar-refractivity contribution is 8.02. The van der Waals surface area contributed by atoms with Gasteiger partial charge in [-0.25, -0.2) is 0 Å². The van der Waals surface area contributed by atoms with Crippen molar-refractivity contribution in [1.29, 1.82) is 0 Å². The van der Waals surface area contributed by atoms with Crippen molar-refractivity contribution in [3.05, 3.63) is 54.6 Å². The van der Waals surface area contributed by atoms with Gasteiger partial charge in [0.15, 0.2) is 0 Å². The van der Waals surface area contributed by atoms with Gasteiger partial charge in [0, 0.05) is 48.6 Å². The number of fused-ring (bicyclic) bond motifs is 1. The van der Waals surface area contributed by atoms with Crippen LogP contribution in [-0.2, 0) is 14.4 Å². The normalized spacial score (nSPS) is 26.2. The molecular formula is C32H42N4O4S. The third-order valence-electron chi connectivity index (χ3n) is 8.96. The standard InChI is InChI=1S/C32H42N4O4S/c1-3-35(4-2)24-16-14-23(15-17-24)34-30(39)28-32-19-18-25(41-32)26(29(38)33-22-12-8-7-9-13-22)27(32)31(40)36(28)20-10-5-6-11-21-37/h7-9,12-17,25-28,37H,3-6,10-11,18-21H2,1-2H3,(H,33,38)(H,34,39)/t25-,26+,27-,28?,32?/m0/s1. The van der Waals surface area contributed by atoms with Gasteiger partial charge in [0.25, 0.3) is 0 Å². The van der Waals surface area contributed by atoms with Gasteiger partial charge in [-0.1, -0.05) is 31.0 Å². The van der Waals surface area contributed by atoms with Crippen LogP contribution in [0.4, 0.5) is 17.1 Å². The number of likely N-dealkylation sites (tertiary alicyclic amines) is 1. The molecule has 3 saturated heterocycles. The van der Waals surface area contributed by atoms with E-state index in [0.29, 0.717) is 17.9 Å². The SMILES string of the molecule is CCN(CC)c1ccc(NC(=O)C2N(CCCCCCO)C(=O)[C@@H]3[C@H](C(=O)Nc4ccccc4)[C@@H]4CCC23S4)cc1. The Balaban J connectivity index is 1.39. The monoisotopic (exact) mass is 578 g/mol. The quantitative estimate of drug-likeness (QED) is 0.297. The van der Waals surface area contributed by atoms with Crippen molar-refractivity contribution < 1.29 is 19.5 Å². The molecule has 0 radical (unpaired) electrons. The fourth-order valence-corrected chi connectivity index (χ4v) is 9.26. The lowest BCUT2D eigenvalue weighted by molar-refractivity contribution is -0.138. The number of rotatable bonds is 13. The van der Waals surface area contributed by atoms with E-state index in [1.807, 2.05) is 54.6 Å². The summed E-state index contributed by atoms with van der Waals surface area (Å²) < 4.78 is -0.614. The van der Waals surface area contributed by atoms with E-state index in [2.05, 4.69) is 29.4 Å². The molecule has 0 saturated carbocycles. The third-order valence-corrected chi connectivity index (χ3v) is 10.9. The van der Waals surface area contributed by atoms with Crippen LogP contribution in [0, 0.1) is 11.8 Å². The molecule has 9 heteroatoms. The van der Waals surface area contributed by atoms with Crippen molar-refractivity contribution >= 4 is 46.5 Å². The smallest absolute Gasteiger partial charge is 0.248 e. The molecule has 2 bridgehead atoms. The minimum absolute atomic E-state index is 0.0167. The Bertz CT molecular complexity index is 1220. The van der Waals surface area contributed by atoms with Gasteiger partial charge in [-0.2, -0.15) is 0 Å². The van der Waals surface area contributed by atoms with E-state index in [1.165, 1.54) is 0 Å². The molecule has 3 N–H and O–H groups in total. The van der Waals surface area contributed by atoms with E-state index >= 15 is 0 Å². The van der Waals surface area contributed by atoms with Crippen LogP contribution in [0.15, 0.2) is 54.6 Å². The Labute approximate surface area is 247 Å². The number of nitrogens with one attached hydrogen (secondary N) is 2. The zero-order valence-corrected chi connectivity index (χ0v) is 24.9. The molecule has 3 aliphatic rings. The summed E-state index contributed by atoms with van der Waals surface area (Å²) in [6.07, 6.45) is 4.79. The van der Waals surface area contributed by atoms with E-state index in [9.17, 15) is 14.4 Å². The highest BCUT2D eigenvalue weighted by Gasteiger charge is 2.73. The number of unbranched alkanes of at least 4 members (excludes halogenated alkanes) is 3. The van der Waals surface area contributed by atoms with Gasteiger partial charge in [-0.05, 0) is 75.9 Å². The van der Waals surface area contributed by atoms with Crippen LogP contribution in [-0.4, -0.2) is 70.0 Å². The number of anilines is 3. The fraction of sp³-hybridized carbons (Fsp3) is 0.531. The molecule has 0 aromatic heterocycles. The topological polar surface area (TPSA) is 102 Å². The first-order chi connectivity index (χ1) is 19.9. The summed E-state index contributed by atoms with van der Waals surface area (Å²) in [5.41, 5.74) is 2.52. The highest BCUT2D eigenvalue weighted by Crippen LogP contribution is 2.66. The van der Waals surface area contributed by atoms with E-state index in [-0.39, 0.29) is 29.6 Å². The number of nitrogens with zero attached hydrogens (tertiary/aromatic N) is 2.